The molecule has 1 aromatic carbocycles. The van der Waals surface area contributed by atoms with Gasteiger partial charge in [-0.1, -0.05) is 11.6 Å². The van der Waals surface area contributed by atoms with Gasteiger partial charge in [-0.2, -0.15) is 0 Å². The van der Waals surface area contributed by atoms with E-state index >= 15 is 0 Å². The molecule has 22 heavy (non-hydrogen) atoms. The molecular formula is C15H17ClN2O4. The molecule has 0 atom stereocenters. The molecule has 7 heteroatoms. The Morgan fingerprint density at radius 2 is 2.14 bits per heavy atom. The summed E-state index contributed by atoms with van der Waals surface area (Å²) in [4.78, 5) is 35.9. The number of carboxylic acids is 1. The molecule has 1 aliphatic rings. The third-order valence-corrected chi connectivity index (χ3v) is 3.76. The minimum absolute atomic E-state index is 0.00364. The lowest BCUT2D eigenvalue weighted by Crippen LogP contribution is -2.27. The van der Waals surface area contributed by atoms with E-state index in [1.807, 2.05) is 0 Å². The van der Waals surface area contributed by atoms with Gasteiger partial charge in [-0.25, -0.2) is 0 Å². The molecule has 1 saturated heterocycles. The molecule has 0 bridgehead atoms. The van der Waals surface area contributed by atoms with E-state index in [9.17, 15) is 14.4 Å². The molecule has 1 aromatic rings. The van der Waals surface area contributed by atoms with Crippen LogP contribution in [0.3, 0.4) is 0 Å². The Morgan fingerprint density at radius 3 is 2.77 bits per heavy atom. The van der Waals surface area contributed by atoms with Crippen molar-refractivity contribution in [1.29, 1.82) is 0 Å². The maximum Gasteiger partial charge on any atom is 0.303 e. The van der Waals surface area contributed by atoms with E-state index in [2.05, 4.69) is 5.32 Å². The SMILES string of the molecule is O=C(O)CCCNC(=O)c1cc(N2CCCC2=O)ccc1Cl. The lowest BCUT2D eigenvalue weighted by molar-refractivity contribution is -0.137. The fraction of sp³-hybridized carbons (Fsp3) is 0.400. The first-order valence-corrected chi connectivity index (χ1v) is 7.47. The van der Waals surface area contributed by atoms with Crippen LogP contribution in [0.15, 0.2) is 18.2 Å². The molecule has 0 unspecified atom stereocenters. The van der Waals surface area contributed by atoms with E-state index in [1.54, 1.807) is 23.1 Å². The number of nitrogens with zero attached hydrogens (tertiary/aromatic N) is 1. The molecule has 1 aliphatic heterocycles. The normalized spacial score (nSPS) is 14.2. The fourth-order valence-corrected chi connectivity index (χ4v) is 2.52. The number of amides is 2. The van der Waals surface area contributed by atoms with Crippen molar-refractivity contribution in [3.05, 3.63) is 28.8 Å². The highest BCUT2D eigenvalue weighted by molar-refractivity contribution is 6.34. The van der Waals surface area contributed by atoms with Crippen LogP contribution in [0.1, 0.15) is 36.0 Å². The molecule has 118 valence electrons. The maximum atomic E-state index is 12.1. The Labute approximate surface area is 133 Å². The third kappa shape index (κ3) is 3.98. The molecule has 2 rings (SSSR count). The highest BCUT2D eigenvalue weighted by atomic mass is 35.5. The number of carboxylic acid groups (broad SMARTS) is 1. The molecule has 0 aliphatic carbocycles. The summed E-state index contributed by atoms with van der Waals surface area (Å²) in [6.45, 7) is 0.897. The molecule has 1 fully saturated rings. The molecule has 2 amide bonds. The van der Waals surface area contributed by atoms with Gasteiger partial charge in [0.05, 0.1) is 10.6 Å². The van der Waals surface area contributed by atoms with Crippen LogP contribution in [0.4, 0.5) is 5.69 Å². The zero-order chi connectivity index (χ0) is 16.1. The van der Waals surface area contributed by atoms with Crippen molar-refractivity contribution in [2.24, 2.45) is 0 Å². The summed E-state index contributed by atoms with van der Waals surface area (Å²) in [5, 5.41) is 11.5. The highest BCUT2D eigenvalue weighted by Crippen LogP contribution is 2.26. The van der Waals surface area contributed by atoms with Crippen LogP contribution in [-0.4, -0.2) is 36.0 Å². The number of benzene rings is 1. The van der Waals surface area contributed by atoms with E-state index in [0.29, 0.717) is 30.1 Å². The Bertz CT molecular complexity index is 603. The number of halogens is 1. The molecule has 1 heterocycles. The van der Waals surface area contributed by atoms with Crippen LogP contribution in [0.5, 0.6) is 0 Å². The second-order valence-electron chi connectivity index (χ2n) is 5.07. The zero-order valence-corrected chi connectivity index (χ0v) is 12.7. The molecule has 0 radical (unpaired) electrons. The van der Waals surface area contributed by atoms with Crippen LogP contribution in [0.2, 0.25) is 5.02 Å². The first-order chi connectivity index (χ1) is 10.5. The number of aliphatic carboxylic acids is 1. The first-order valence-electron chi connectivity index (χ1n) is 7.09. The Hall–Kier alpha value is -2.08. The Kier molecular flexibility index (Phi) is 5.38. The number of carbonyl (C=O) groups excluding carboxylic acids is 2. The largest absolute Gasteiger partial charge is 0.481 e. The van der Waals surface area contributed by atoms with Gasteiger partial charge in [-0.15, -0.1) is 0 Å². The number of hydrogen-bond donors (Lipinski definition) is 2. The minimum atomic E-state index is -0.901. The van der Waals surface area contributed by atoms with Gasteiger partial charge >= 0.3 is 5.97 Å². The smallest absolute Gasteiger partial charge is 0.303 e. The van der Waals surface area contributed by atoms with E-state index in [4.69, 9.17) is 16.7 Å². The third-order valence-electron chi connectivity index (χ3n) is 3.43. The topological polar surface area (TPSA) is 86.7 Å². The number of hydrogen-bond acceptors (Lipinski definition) is 3. The Morgan fingerprint density at radius 1 is 1.36 bits per heavy atom. The molecule has 0 spiro atoms. The van der Waals surface area contributed by atoms with Gasteiger partial charge in [0.15, 0.2) is 0 Å². The van der Waals surface area contributed by atoms with Crippen molar-refractivity contribution < 1.29 is 19.5 Å². The summed E-state index contributed by atoms with van der Waals surface area (Å²) >= 11 is 6.04. The van der Waals surface area contributed by atoms with Crippen molar-refractivity contribution in [2.75, 3.05) is 18.0 Å². The second kappa shape index (κ2) is 7.26. The predicted molar refractivity (Wildman–Crippen MR) is 82.2 cm³/mol. The van der Waals surface area contributed by atoms with Gasteiger partial charge in [-0.3, -0.25) is 14.4 Å². The summed E-state index contributed by atoms with van der Waals surface area (Å²) in [5.74, 6) is -1.24. The molecule has 6 nitrogen and oxygen atoms in total. The molecule has 0 saturated carbocycles. The highest BCUT2D eigenvalue weighted by Gasteiger charge is 2.23. The van der Waals surface area contributed by atoms with Gasteiger partial charge in [-0.05, 0) is 31.0 Å². The fourth-order valence-electron chi connectivity index (χ4n) is 2.31. The molecule has 0 aromatic heterocycles. The number of nitrogens with one attached hydrogen (secondary N) is 1. The number of anilines is 1. The molecular weight excluding hydrogens is 308 g/mol. The molecule has 2 N–H and O–H groups in total. The van der Waals surface area contributed by atoms with Gasteiger partial charge in [0.2, 0.25) is 5.91 Å². The van der Waals surface area contributed by atoms with Crippen molar-refractivity contribution in [2.45, 2.75) is 25.7 Å². The van der Waals surface area contributed by atoms with E-state index in [-0.39, 0.29) is 30.3 Å². The van der Waals surface area contributed by atoms with Crippen LogP contribution in [0, 0.1) is 0 Å². The summed E-state index contributed by atoms with van der Waals surface area (Å²) in [7, 11) is 0. The zero-order valence-electron chi connectivity index (χ0n) is 12.0. The number of carbonyl (C=O) groups is 3. The van der Waals surface area contributed by atoms with E-state index in [1.165, 1.54) is 0 Å². The van der Waals surface area contributed by atoms with Gasteiger partial charge in [0.25, 0.3) is 5.91 Å². The minimum Gasteiger partial charge on any atom is -0.481 e. The lowest BCUT2D eigenvalue weighted by atomic mass is 10.1. The Balaban J connectivity index is 2.04. The lowest BCUT2D eigenvalue weighted by Gasteiger charge is -2.17. The summed E-state index contributed by atoms with van der Waals surface area (Å²) < 4.78 is 0. The van der Waals surface area contributed by atoms with Gasteiger partial charge in [0.1, 0.15) is 0 Å². The van der Waals surface area contributed by atoms with Gasteiger partial charge < -0.3 is 15.3 Å². The summed E-state index contributed by atoms with van der Waals surface area (Å²) in [6.07, 6.45) is 1.66. The quantitative estimate of drug-likeness (QED) is 0.784. The van der Waals surface area contributed by atoms with Crippen LogP contribution in [0.25, 0.3) is 0 Å². The summed E-state index contributed by atoms with van der Waals surface area (Å²) in [5.41, 5.74) is 0.941. The predicted octanol–water partition coefficient (Wildman–Crippen LogP) is 2.06. The second-order valence-corrected chi connectivity index (χ2v) is 5.47. The maximum absolute atomic E-state index is 12.1. The van der Waals surface area contributed by atoms with Gasteiger partial charge in [0, 0.05) is 31.6 Å². The van der Waals surface area contributed by atoms with Crippen LogP contribution >= 0.6 is 11.6 Å². The van der Waals surface area contributed by atoms with Crippen molar-refractivity contribution in [3.63, 3.8) is 0 Å². The van der Waals surface area contributed by atoms with Crippen LogP contribution in [-0.2, 0) is 9.59 Å². The monoisotopic (exact) mass is 324 g/mol. The number of rotatable bonds is 6. The van der Waals surface area contributed by atoms with E-state index < -0.39 is 5.97 Å². The average molecular weight is 325 g/mol. The standard InChI is InChI=1S/C15H17ClN2O4/c16-12-6-5-10(18-8-2-3-13(18)19)9-11(12)15(22)17-7-1-4-14(20)21/h5-6,9H,1-4,7-8H2,(H,17,22)(H,20,21). The van der Waals surface area contributed by atoms with Crippen molar-refractivity contribution in [1.82, 2.24) is 5.32 Å². The average Bonchev–Trinajstić information content (AvgIpc) is 2.90. The van der Waals surface area contributed by atoms with Crippen LogP contribution < -0.4 is 10.2 Å². The van der Waals surface area contributed by atoms with E-state index in [0.717, 1.165) is 6.42 Å². The summed E-state index contributed by atoms with van der Waals surface area (Å²) in [6, 6.07) is 4.90. The van der Waals surface area contributed by atoms with Crippen molar-refractivity contribution in [3.8, 4) is 0 Å². The van der Waals surface area contributed by atoms with Crippen molar-refractivity contribution >= 4 is 35.1 Å². The first kappa shape index (κ1) is 16.3.